The molecule has 2 aromatic heterocycles. The van der Waals surface area contributed by atoms with Gasteiger partial charge in [-0.1, -0.05) is 19.4 Å². The number of rotatable bonds is 7. The van der Waals surface area contributed by atoms with Crippen molar-refractivity contribution in [3.05, 3.63) is 59.7 Å². The van der Waals surface area contributed by atoms with E-state index < -0.39 is 11.9 Å². The Labute approximate surface area is 169 Å². The highest BCUT2D eigenvalue weighted by Gasteiger charge is 2.34. The summed E-state index contributed by atoms with van der Waals surface area (Å²) >= 11 is 0. The maximum Gasteiger partial charge on any atom is 0.433 e. The minimum atomic E-state index is -4.44. The Kier molecular flexibility index (Phi) is 6.87. The molecule has 2 aromatic rings. The molecule has 1 saturated heterocycles. The molecule has 1 aliphatic heterocycles. The molecule has 156 valence electrons. The molecule has 7 heteroatoms. The highest BCUT2D eigenvalue weighted by atomic mass is 19.4. The number of likely N-dealkylation sites (tertiary alicyclic amines) is 1. The summed E-state index contributed by atoms with van der Waals surface area (Å²) in [5.74, 6) is 0.00494. The Morgan fingerprint density at radius 3 is 2.52 bits per heavy atom. The van der Waals surface area contributed by atoms with Gasteiger partial charge in [0.25, 0.3) is 0 Å². The number of nitrogens with zero attached hydrogens (tertiary/aromatic N) is 3. The molecule has 0 aromatic carbocycles. The van der Waals surface area contributed by atoms with Crippen LogP contribution < -0.4 is 0 Å². The van der Waals surface area contributed by atoms with Gasteiger partial charge in [0.15, 0.2) is 0 Å². The summed E-state index contributed by atoms with van der Waals surface area (Å²) in [4.78, 5) is 22.4. The van der Waals surface area contributed by atoms with E-state index in [1.807, 2.05) is 17.0 Å². The second-order valence-electron chi connectivity index (χ2n) is 7.59. The molecular formula is C22H26F3N3O. The monoisotopic (exact) mass is 405 g/mol. The number of piperidine rings is 1. The van der Waals surface area contributed by atoms with E-state index in [0.717, 1.165) is 38.2 Å². The van der Waals surface area contributed by atoms with Crippen LogP contribution in [-0.2, 0) is 17.4 Å². The zero-order valence-electron chi connectivity index (χ0n) is 16.5. The summed E-state index contributed by atoms with van der Waals surface area (Å²) in [6, 6.07) is 6.63. The first kappa shape index (κ1) is 21.3. The van der Waals surface area contributed by atoms with Crippen LogP contribution in [0.1, 0.15) is 61.8 Å². The number of hydrogen-bond acceptors (Lipinski definition) is 3. The van der Waals surface area contributed by atoms with E-state index >= 15 is 0 Å². The topological polar surface area (TPSA) is 46.1 Å². The number of pyridine rings is 2. The summed E-state index contributed by atoms with van der Waals surface area (Å²) in [7, 11) is 0. The predicted octanol–water partition coefficient (Wildman–Crippen LogP) is 5.00. The van der Waals surface area contributed by atoms with E-state index in [-0.39, 0.29) is 17.9 Å². The number of carbonyl (C=O) groups excluding carboxylic acids is 1. The Hall–Kier alpha value is -2.44. The zero-order chi connectivity index (χ0) is 20.9. The molecule has 0 spiro atoms. The molecule has 0 aliphatic carbocycles. The Morgan fingerprint density at radius 2 is 1.93 bits per heavy atom. The number of aryl methyl sites for hydroxylation is 1. The minimum Gasteiger partial charge on any atom is -0.340 e. The molecule has 1 aliphatic rings. The summed E-state index contributed by atoms with van der Waals surface area (Å²) < 4.78 is 38.1. The molecule has 1 fully saturated rings. The van der Waals surface area contributed by atoms with Gasteiger partial charge in [-0.05, 0) is 60.9 Å². The molecule has 3 rings (SSSR count). The van der Waals surface area contributed by atoms with Crippen molar-refractivity contribution in [3.8, 4) is 0 Å². The van der Waals surface area contributed by atoms with E-state index in [1.165, 1.54) is 17.8 Å². The second-order valence-corrected chi connectivity index (χ2v) is 7.59. The molecular weight excluding hydrogens is 379 g/mol. The van der Waals surface area contributed by atoms with Gasteiger partial charge in [-0.15, -0.1) is 0 Å². The van der Waals surface area contributed by atoms with Gasteiger partial charge >= 0.3 is 6.18 Å². The summed E-state index contributed by atoms with van der Waals surface area (Å²) in [6.45, 7) is 2.75. The Bertz CT molecular complexity index is 793. The van der Waals surface area contributed by atoms with Crippen molar-refractivity contribution in [3.63, 3.8) is 0 Å². The van der Waals surface area contributed by atoms with Crippen LogP contribution >= 0.6 is 0 Å². The van der Waals surface area contributed by atoms with Crippen LogP contribution in [0.4, 0.5) is 13.2 Å². The van der Waals surface area contributed by atoms with Gasteiger partial charge < -0.3 is 4.90 Å². The van der Waals surface area contributed by atoms with Gasteiger partial charge in [-0.2, -0.15) is 13.2 Å². The highest BCUT2D eigenvalue weighted by Crippen LogP contribution is 2.33. The second kappa shape index (κ2) is 9.37. The van der Waals surface area contributed by atoms with E-state index in [2.05, 4.69) is 16.9 Å². The average molecular weight is 405 g/mol. The maximum atomic E-state index is 12.8. The predicted molar refractivity (Wildman–Crippen MR) is 104 cm³/mol. The van der Waals surface area contributed by atoms with Crippen molar-refractivity contribution in [1.82, 2.24) is 14.9 Å². The van der Waals surface area contributed by atoms with Gasteiger partial charge in [0.2, 0.25) is 5.91 Å². The quantitative estimate of drug-likeness (QED) is 0.651. The lowest BCUT2D eigenvalue weighted by atomic mass is 9.88. The van der Waals surface area contributed by atoms with Crippen LogP contribution in [0.3, 0.4) is 0 Å². The minimum absolute atomic E-state index is 0.0731. The third-order valence-electron chi connectivity index (χ3n) is 5.59. The highest BCUT2D eigenvalue weighted by molar-refractivity contribution is 5.78. The molecule has 0 N–H and O–H groups in total. The molecule has 4 nitrogen and oxygen atoms in total. The normalized spacial score (nSPS) is 18.7. The van der Waals surface area contributed by atoms with E-state index in [0.29, 0.717) is 18.5 Å². The van der Waals surface area contributed by atoms with Crippen LogP contribution in [0.5, 0.6) is 0 Å². The van der Waals surface area contributed by atoms with Gasteiger partial charge in [-0.3, -0.25) is 14.8 Å². The molecule has 0 radical (unpaired) electrons. The number of aromatic nitrogens is 2. The summed E-state index contributed by atoms with van der Waals surface area (Å²) in [6.07, 6.45) is 5.18. The fraction of sp³-hybridized carbons (Fsp3) is 0.500. The first-order valence-corrected chi connectivity index (χ1v) is 10.1. The van der Waals surface area contributed by atoms with Gasteiger partial charge in [0.1, 0.15) is 5.69 Å². The summed E-state index contributed by atoms with van der Waals surface area (Å²) in [5, 5.41) is 0. The number of carbonyl (C=O) groups is 1. The molecule has 2 atom stereocenters. The first-order valence-electron chi connectivity index (χ1n) is 10.1. The zero-order valence-corrected chi connectivity index (χ0v) is 16.5. The fourth-order valence-electron chi connectivity index (χ4n) is 4.01. The SMILES string of the molecule is CCCC(CCc1ccncc1)N1CCC(c2ccc(C(F)(F)F)nc2)CC1=O. The van der Waals surface area contributed by atoms with E-state index in [1.54, 1.807) is 12.4 Å². The molecule has 1 amide bonds. The van der Waals surface area contributed by atoms with Gasteiger partial charge in [-0.25, -0.2) is 0 Å². The Balaban J connectivity index is 1.62. The van der Waals surface area contributed by atoms with Crippen LogP contribution in [0.15, 0.2) is 42.9 Å². The van der Waals surface area contributed by atoms with Crippen molar-refractivity contribution in [2.24, 2.45) is 0 Å². The number of halogens is 3. The third-order valence-corrected chi connectivity index (χ3v) is 5.59. The average Bonchev–Trinajstić information content (AvgIpc) is 2.71. The van der Waals surface area contributed by atoms with Crippen LogP contribution in [0, 0.1) is 0 Å². The first-order chi connectivity index (χ1) is 13.9. The lowest BCUT2D eigenvalue weighted by Crippen LogP contribution is -2.45. The Morgan fingerprint density at radius 1 is 1.17 bits per heavy atom. The molecule has 29 heavy (non-hydrogen) atoms. The van der Waals surface area contributed by atoms with Crippen molar-refractivity contribution >= 4 is 5.91 Å². The van der Waals surface area contributed by atoms with Crippen LogP contribution in [0.25, 0.3) is 0 Å². The van der Waals surface area contributed by atoms with Gasteiger partial charge in [0, 0.05) is 37.6 Å². The number of hydrogen-bond donors (Lipinski definition) is 0. The molecule has 0 saturated carbocycles. The van der Waals surface area contributed by atoms with Crippen LogP contribution in [0.2, 0.25) is 0 Å². The largest absolute Gasteiger partial charge is 0.433 e. The fourth-order valence-corrected chi connectivity index (χ4v) is 4.01. The van der Waals surface area contributed by atoms with Crippen molar-refractivity contribution < 1.29 is 18.0 Å². The summed E-state index contributed by atoms with van der Waals surface area (Å²) in [5.41, 5.74) is 1.01. The van der Waals surface area contributed by atoms with Gasteiger partial charge in [0.05, 0.1) is 0 Å². The maximum absolute atomic E-state index is 12.8. The molecule has 0 bridgehead atoms. The van der Waals surface area contributed by atoms with Crippen molar-refractivity contribution in [2.45, 2.75) is 63.6 Å². The van der Waals surface area contributed by atoms with E-state index in [4.69, 9.17) is 0 Å². The molecule has 3 heterocycles. The van der Waals surface area contributed by atoms with Crippen molar-refractivity contribution in [2.75, 3.05) is 6.54 Å². The smallest absolute Gasteiger partial charge is 0.340 e. The van der Waals surface area contributed by atoms with Crippen LogP contribution in [-0.4, -0.2) is 33.4 Å². The lowest BCUT2D eigenvalue weighted by molar-refractivity contribution is -0.141. The molecule has 2 unspecified atom stereocenters. The lowest BCUT2D eigenvalue weighted by Gasteiger charge is -2.38. The number of amides is 1. The number of alkyl halides is 3. The van der Waals surface area contributed by atoms with Crippen molar-refractivity contribution in [1.29, 1.82) is 0 Å². The standard InChI is InChI=1S/C22H26F3N3O/c1-2-3-19(6-4-16-8-11-26-12-9-16)28-13-10-17(14-21(28)29)18-5-7-20(27-15-18)22(23,24)25/h5,7-9,11-12,15,17,19H,2-4,6,10,13-14H2,1H3. The van der Waals surface area contributed by atoms with E-state index in [9.17, 15) is 18.0 Å². The third kappa shape index (κ3) is 5.55.